The molecule has 0 spiro atoms. The van der Waals surface area contributed by atoms with Gasteiger partial charge in [0.05, 0.1) is 41.6 Å². The molecule has 0 unspecified atom stereocenters. The van der Waals surface area contributed by atoms with Crippen LogP contribution in [0.5, 0.6) is 5.75 Å². The van der Waals surface area contributed by atoms with Crippen LogP contribution in [0, 0.1) is 12.8 Å². The quantitative estimate of drug-likeness (QED) is 0.447. The van der Waals surface area contributed by atoms with Gasteiger partial charge in [-0.3, -0.25) is 9.52 Å². The number of amides is 1. The number of nitrogens with one attached hydrogen (secondary N) is 1. The molecule has 0 radical (unpaired) electrons. The molecule has 0 aromatic heterocycles. The molecular weight excluding hydrogens is 594 g/mol. The van der Waals surface area contributed by atoms with Crippen LogP contribution in [-0.2, 0) is 24.8 Å². The molecule has 43 heavy (non-hydrogen) atoms. The standard InChI is InChI=1S/C30H45N3O8S2/c1-21-10-13-26(14-11-21)43(38,39)32(5)19-29-22(2)18-33(23(3)20-34)30(35)27-17-25(31-42(6,36)37)12-15-28(27)41-24(4)9-7-8-16-40-29/h10-15,17,22-24,29,31,34H,7-9,16,18-20H2,1-6H3/t22-,23+,24-,29+/m0/s1. The molecule has 240 valence electrons. The second kappa shape index (κ2) is 14.8. The second-order valence-corrected chi connectivity index (χ2v) is 15.3. The Labute approximate surface area is 256 Å². The maximum atomic E-state index is 14.1. The molecule has 1 aliphatic rings. The van der Waals surface area contributed by atoms with Crippen LogP contribution >= 0.6 is 0 Å². The SMILES string of the molecule is Cc1ccc(S(=O)(=O)N(C)C[C@H]2OCCCC[C@H](C)Oc3ccc(NS(C)(=O)=O)cc3C(=O)N([C@H](C)CO)C[C@@H]2C)cc1. The van der Waals surface area contributed by atoms with Gasteiger partial charge in [-0.25, -0.2) is 16.8 Å². The topological polar surface area (TPSA) is 143 Å². The molecule has 0 saturated carbocycles. The molecule has 1 aliphatic heterocycles. The fourth-order valence-electron chi connectivity index (χ4n) is 4.90. The van der Waals surface area contributed by atoms with E-state index in [-0.39, 0.29) is 47.9 Å². The number of likely N-dealkylation sites (N-methyl/N-ethyl adjacent to an activating group) is 1. The molecule has 2 aromatic rings. The van der Waals surface area contributed by atoms with Gasteiger partial charge in [0, 0.05) is 38.3 Å². The molecule has 2 aromatic carbocycles. The molecule has 1 amide bonds. The van der Waals surface area contributed by atoms with Gasteiger partial charge in [-0.1, -0.05) is 24.6 Å². The number of carbonyl (C=O) groups is 1. The summed E-state index contributed by atoms with van der Waals surface area (Å²) >= 11 is 0. The number of hydrogen-bond acceptors (Lipinski definition) is 8. The Kier molecular flexibility index (Phi) is 12.0. The Morgan fingerprint density at radius 1 is 1.09 bits per heavy atom. The lowest BCUT2D eigenvalue weighted by atomic mass is 10.0. The normalized spacial score (nSPS) is 21.9. The van der Waals surface area contributed by atoms with E-state index in [1.807, 2.05) is 20.8 Å². The smallest absolute Gasteiger partial charge is 0.258 e. The van der Waals surface area contributed by atoms with Crippen molar-refractivity contribution in [2.75, 3.05) is 44.3 Å². The van der Waals surface area contributed by atoms with Crippen LogP contribution in [0.1, 0.15) is 56.0 Å². The summed E-state index contributed by atoms with van der Waals surface area (Å²) in [6.07, 6.45) is 2.42. The highest BCUT2D eigenvalue weighted by Gasteiger charge is 2.32. The van der Waals surface area contributed by atoms with Crippen molar-refractivity contribution in [3.8, 4) is 5.75 Å². The van der Waals surface area contributed by atoms with Gasteiger partial charge >= 0.3 is 0 Å². The van der Waals surface area contributed by atoms with E-state index in [1.54, 1.807) is 43.3 Å². The number of anilines is 1. The predicted octanol–water partition coefficient (Wildman–Crippen LogP) is 3.48. The van der Waals surface area contributed by atoms with Crippen LogP contribution < -0.4 is 9.46 Å². The van der Waals surface area contributed by atoms with E-state index >= 15 is 0 Å². The lowest BCUT2D eigenvalue weighted by molar-refractivity contribution is -0.00833. The third kappa shape index (κ3) is 9.64. The summed E-state index contributed by atoms with van der Waals surface area (Å²) in [6, 6.07) is 10.6. The van der Waals surface area contributed by atoms with Gasteiger partial charge in [0.25, 0.3) is 5.91 Å². The number of rotatable bonds is 8. The summed E-state index contributed by atoms with van der Waals surface area (Å²) in [7, 11) is -5.88. The zero-order valence-electron chi connectivity index (χ0n) is 25.8. The van der Waals surface area contributed by atoms with Crippen LogP contribution in [-0.4, -0.2) is 94.9 Å². The van der Waals surface area contributed by atoms with Gasteiger partial charge in [-0.2, -0.15) is 4.31 Å². The minimum atomic E-state index is -3.79. The summed E-state index contributed by atoms with van der Waals surface area (Å²) in [5.74, 6) is -0.477. The molecule has 0 saturated heterocycles. The van der Waals surface area contributed by atoms with Crippen molar-refractivity contribution in [2.45, 2.75) is 70.1 Å². The average molecular weight is 640 g/mol. The predicted molar refractivity (Wildman–Crippen MR) is 166 cm³/mol. The number of benzene rings is 2. The summed E-state index contributed by atoms with van der Waals surface area (Å²) in [5.41, 5.74) is 1.32. The van der Waals surface area contributed by atoms with Crippen molar-refractivity contribution in [1.82, 2.24) is 9.21 Å². The fraction of sp³-hybridized carbons (Fsp3) is 0.567. The number of fused-ring (bicyclic) bond motifs is 1. The monoisotopic (exact) mass is 639 g/mol. The van der Waals surface area contributed by atoms with Crippen molar-refractivity contribution in [1.29, 1.82) is 0 Å². The number of aliphatic hydroxyl groups is 1. The molecule has 0 fully saturated rings. The summed E-state index contributed by atoms with van der Waals surface area (Å²) < 4.78 is 66.7. The highest BCUT2D eigenvalue weighted by Crippen LogP contribution is 2.29. The molecule has 4 atom stereocenters. The first kappa shape index (κ1) is 34.8. The minimum Gasteiger partial charge on any atom is -0.490 e. The van der Waals surface area contributed by atoms with E-state index in [1.165, 1.54) is 22.3 Å². The molecule has 3 rings (SSSR count). The van der Waals surface area contributed by atoms with Crippen LogP contribution in [0.4, 0.5) is 5.69 Å². The molecule has 0 aliphatic carbocycles. The first-order valence-corrected chi connectivity index (χ1v) is 17.8. The van der Waals surface area contributed by atoms with E-state index in [0.717, 1.165) is 24.7 Å². The van der Waals surface area contributed by atoms with Crippen molar-refractivity contribution < 1.29 is 36.2 Å². The van der Waals surface area contributed by atoms with Crippen LogP contribution in [0.2, 0.25) is 0 Å². The van der Waals surface area contributed by atoms with E-state index in [4.69, 9.17) is 9.47 Å². The molecule has 1 heterocycles. The summed E-state index contributed by atoms with van der Waals surface area (Å²) in [5, 5.41) is 10.1. The Bertz CT molecular complexity index is 1450. The fourth-order valence-corrected chi connectivity index (χ4v) is 6.64. The van der Waals surface area contributed by atoms with Crippen LogP contribution in [0.15, 0.2) is 47.4 Å². The highest BCUT2D eigenvalue weighted by atomic mass is 32.2. The summed E-state index contributed by atoms with van der Waals surface area (Å²) in [6.45, 7) is 7.66. The first-order chi connectivity index (χ1) is 20.1. The van der Waals surface area contributed by atoms with Crippen molar-refractivity contribution in [3.63, 3.8) is 0 Å². The minimum absolute atomic E-state index is 0.0610. The summed E-state index contributed by atoms with van der Waals surface area (Å²) in [4.78, 5) is 15.8. The zero-order valence-corrected chi connectivity index (χ0v) is 27.4. The van der Waals surface area contributed by atoms with Gasteiger partial charge in [0.1, 0.15) is 5.75 Å². The number of sulfonamides is 2. The molecule has 11 nitrogen and oxygen atoms in total. The lowest BCUT2D eigenvalue weighted by Gasteiger charge is -2.35. The Balaban J connectivity index is 1.98. The maximum Gasteiger partial charge on any atom is 0.258 e. The number of nitrogens with zero attached hydrogens (tertiary/aromatic N) is 2. The van der Waals surface area contributed by atoms with E-state index in [2.05, 4.69) is 4.72 Å². The molecular formula is C30H45N3O8S2. The third-order valence-electron chi connectivity index (χ3n) is 7.52. The van der Waals surface area contributed by atoms with Gasteiger partial charge in [-0.05, 0) is 70.4 Å². The Hall–Kier alpha value is -2.71. The van der Waals surface area contributed by atoms with E-state index in [0.29, 0.717) is 18.8 Å². The average Bonchev–Trinajstić information content (AvgIpc) is 2.93. The van der Waals surface area contributed by atoms with E-state index < -0.39 is 38.1 Å². The Morgan fingerprint density at radius 3 is 2.40 bits per heavy atom. The van der Waals surface area contributed by atoms with Crippen molar-refractivity contribution >= 4 is 31.6 Å². The van der Waals surface area contributed by atoms with Gasteiger partial charge in [-0.15, -0.1) is 0 Å². The highest BCUT2D eigenvalue weighted by molar-refractivity contribution is 7.92. The van der Waals surface area contributed by atoms with Crippen LogP contribution in [0.3, 0.4) is 0 Å². The van der Waals surface area contributed by atoms with Gasteiger partial charge in [0.2, 0.25) is 20.0 Å². The lowest BCUT2D eigenvalue weighted by Crippen LogP contribution is -2.48. The maximum absolute atomic E-state index is 14.1. The number of carbonyl (C=O) groups excluding carboxylic acids is 1. The molecule has 13 heteroatoms. The van der Waals surface area contributed by atoms with Gasteiger partial charge < -0.3 is 19.5 Å². The largest absolute Gasteiger partial charge is 0.490 e. The number of ether oxygens (including phenoxy) is 2. The first-order valence-electron chi connectivity index (χ1n) is 14.5. The van der Waals surface area contributed by atoms with Crippen molar-refractivity contribution in [2.24, 2.45) is 5.92 Å². The van der Waals surface area contributed by atoms with Gasteiger partial charge in [0.15, 0.2) is 0 Å². The Morgan fingerprint density at radius 2 is 1.77 bits per heavy atom. The molecule has 0 bridgehead atoms. The van der Waals surface area contributed by atoms with Crippen LogP contribution in [0.25, 0.3) is 0 Å². The number of aliphatic hydroxyl groups excluding tert-OH is 1. The number of aryl methyl sites for hydroxylation is 1. The van der Waals surface area contributed by atoms with Crippen molar-refractivity contribution in [3.05, 3.63) is 53.6 Å². The zero-order chi connectivity index (χ0) is 31.9. The van der Waals surface area contributed by atoms with E-state index in [9.17, 15) is 26.7 Å². The second-order valence-electron chi connectivity index (χ2n) is 11.5. The molecule has 2 N–H and O–H groups in total. The number of hydrogen-bond donors (Lipinski definition) is 2. The third-order valence-corrected chi connectivity index (χ3v) is 9.97.